The van der Waals surface area contributed by atoms with Gasteiger partial charge in [0.1, 0.15) is 0 Å². The first kappa shape index (κ1) is 19.9. The molecule has 0 aromatic heterocycles. The van der Waals surface area contributed by atoms with Crippen molar-refractivity contribution in [1.29, 1.82) is 0 Å². The van der Waals surface area contributed by atoms with Gasteiger partial charge in [0, 0.05) is 6.21 Å². The fourth-order valence-electron chi connectivity index (χ4n) is 4.70. The van der Waals surface area contributed by atoms with Crippen LogP contribution in [0, 0.1) is 17.8 Å². The van der Waals surface area contributed by atoms with Gasteiger partial charge in [-0.15, -0.1) is 5.76 Å². The Morgan fingerprint density at radius 3 is 1.70 bits per heavy atom. The summed E-state index contributed by atoms with van der Waals surface area (Å²) in [5.74, 6) is 0.922. The number of hydrogen-bond donors (Lipinski definition) is 0. The number of carbonyl (C=O) groups is 2. The summed E-state index contributed by atoms with van der Waals surface area (Å²) in [6.07, 6.45) is 9.50. The third kappa shape index (κ3) is 5.78. The van der Waals surface area contributed by atoms with Crippen LogP contribution in [0.5, 0.6) is 0 Å². The molecule has 4 fully saturated rings. The molecule has 0 spiro atoms. The standard InChI is InChI=1S/C12H17NO2.C5H8O2.Cu/c14-11(15)7-13-12-4-8-1-9(5-12)3-10(2-8)6-12;1-4(6)3-5(2)7;/h7-10H,1-6H2,(H,14,15);3,6H,1-2H3;/q;;+2/p-2/b;4-3-;. The molecule has 0 atom stereocenters. The third-order valence-electron chi connectivity index (χ3n) is 4.86. The van der Waals surface area contributed by atoms with E-state index in [1.54, 1.807) is 0 Å². The number of allylic oxidation sites excluding steroid dienone is 2. The van der Waals surface area contributed by atoms with Crippen molar-refractivity contribution in [1.82, 2.24) is 0 Å². The molecule has 6 heteroatoms. The Labute approximate surface area is 147 Å². The van der Waals surface area contributed by atoms with Crippen molar-refractivity contribution in [3.8, 4) is 0 Å². The predicted octanol–water partition coefficient (Wildman–Crippen LogP) is 0.613. The molecule has 1 radical (unpaired) electrons. The molecule has 0 heterocycles. The summed E-state index contributed by atoms with van der Waals surface area (Å²) in [5, 5.41) is 20.4. The zero-order valence-electron chi connectivity index (χ0n) is 13.5. The van der Waals surface area contributed by atoms with Crippen molar-refractivity contribution in [2.75, 3.05) is 0 Å². The van der Waals surface area contributed by atoms with Crippen molar-refractivity contribution in [3.05, 3.63) is 11.8 Å². The monoisotopic (exact) mass is 368 g/mol. The maximum absolute atomic E-state index is 10.4. The van der Waals surface area contributed by atoms with E-state index in [4.69, 9.17) is 0 Å². The van der Waals surface area contributed by atoms with Crippen LogP contribution < -0.4 is 10.2 Å². The van der Waals surface area contributed by atoms with Crippen LogP contribution in [0.2, 0.25) is 0 Å². The number of carboxylic acid groups (broad SMARTS) is 1. The molecule has 0 unspecified atom stereocenters. The van der Waals surface area contributed by atoms with Gasteiger partial charge < -0.3 is 15.0 Å². The first-order valence-electron chi connectivity index (χ1n) is 7.90. The van der Waals surface area contributed by atoms with E-state index in [0.29, 0.717) is 0 Å². The fourth-order valence-corrected chi connectivity index (χ4v) is 4.70. The van der Waals surface area contributed by atoms with Crippen LogP contribution in [0.25, 0.3) is 0 Å². The van der Waals surface area contributed by atoms with E-state index in [1.165, 1.54) is 33.1 Å². The molecule has 4 saturated carbocycles. The summed E-state index contributed by atoms with van der Waals surface area (Å²) in [6.45, 7) is 2.70. The Balaban J connectivity index is 0.000000287. The number of carbonyl (C=O) groups excluding carboxylic acids is 2. The van der Waals surface area contributed by atoms with Gasteiger partial charge >= 0.3 is 17.1 Å². The first-order valence-corrected chi connectivity index (χ1v) is 7.90. The average molecular weight is 369 g/mol. The smallest absolute Gasteiger partial charge is 0.876 e. The average Bonchev–Trinajstić information content (AvgIpc) is 2.34. The van der Waals surface area contributed by atoms with Crippen LogP contribution in [0.1, 0.15) is 52.4 Å². The molecule has 5 nitrogen and oxygen atoms in total. The summed E-state index contributed by atoms with van der Waals surface area (Å²) in [7, 11) is 0. The van der Waals surface area contributed by atoms with E-state index in [1.807, 2.05) is 0 Å². The van der Waals surface area contributed by atoms with Gasteiger partial charge in [-0.25, -0.2) is 0 Å². The van der Waals surface area contributed by atoms with Crippen molar-refractivity contribution in [2.24, 2.45) is 22.7 Å². The Morgan fingerprint density at radius 1 is 1.00 bits per heavy atom. The maximum Gasteiger partial charge on any atom is 2.00 e. The topological polar surface area (TPSA) is 92.6 Å². The van der Waals surface area contributed by atoms with Crippen LogP contribution >= 0.6 is 0 Å². The summed E-state index contributed by atoms with van der Waals surface area (Å²) in [4.78, 5) is 24.7. The fraction of sp³-hybridized carbons (Fsp3) is 0.706. The molecule has 4 aliphatic carbocycles. The van der Waals surface area contributed by atoms with Crippen molar-refractivity contribution in [3.63, 3.8) is 0 Å². The van der Waals surface area contributed by atoms with Gasteiger partial charge in [0.25, 0.3) is 0 Å². The molecule has 4 bridgehead atoms. The number of ketones is 1. The molecular weight excluding hydrogens is 346 g/mol. The summed E-state index contributed by atoms with van der Waals surface area (Å²) < 4.78 is 0. The van der Waals surface area contributed by atoms with E-state index >= 15 is 0 Å². The van der Waals surface area contributed by atoms with Crippen LogP contribution in [0.4, 0.5) is 0 Å². The van der Waals surface area contributed by atoms with E-state index in [-0.39, 0.29) is 34.2 Å². The van der Waals surface area contributed by atoms with Crippen LogP contribution in [-0.2, 0) is 26.7 Å². The molecule has 0 N–H and O–H groups in total. The largest absolute Gasteiger partial charge is 2.00 e. The molecule has 23 heavy (non-hydrogen) atoms. The molecule has 0 aromatic rings. The molecule has 4 aliphatic rings. The Hall–Kier alpha value is -1.13. The number of rotatable bonds is 3. The SMILES string of the molecule is CC(=O)/C=C(/C)[O-].O=C([O-])C=NC12CC3CC(CC(C3)C1)C2.[Cu+2]. The second kappa shape index (κ2) is 8.11. The number of nitrogens with zero attached hydrogens (tertiary/aromatic N) is 1. The Bertz CT molecular complexity index is 473. The number of carboxylic acids is 1. The van der Waals surface area contributed by atoms with E-state index in [9.17, 15) is 19.8 Å². The molecule has 0 aliphatic heterocycles. The Morgan fingerprint density at radius 2 is 1.43 bits per heavy atom. The van der Waals surface area contributed by atoms with Crippen LogP contribution in [-0.4, -0.2) is 23.5 Å². The van der Waals surface area contributed by atoms with Crippen molar-refractivity contribution in [2.45, 2.75) is 57.9 Å². The van der Waals surface area contributed by atoms with Gasteiger partial charge in [0.05, 0.1) is 11.5 Å². The number of aliphatic carboxylic acids is 1. The zero-order chi connectivity index (χ0) is 16.3. The second-order valence-electron chi connectivity index (χ2n) is 7.08. The zero-order valence-corrected chi connectivity index (χ0v) is 14.5. The summed E-state index contributed by atoms with van der Waals surface area (Å²) >= 11 is 0. The molecule has 0 saturated heterocycles. The van der Waals surface area contributed by atoms with Gasteiger partial charge in [-0.1, -0.05) is 6.92 Å². The number of aliphatic imine (C=N–C) groups is 1. The predicted molar refractivity (Wildman–Crippen MR) is 78.8 cm³/mol. The quantitative estimate of drug-likeness (QED) is 0.316. The van der Waals surface area contributed by atoms with Gasteiger partial charge in [0.15, 0.2) is 5.78 Å². The maximum atomic E-state index is 10.4. The van der Waals surface area contributed by atoms with Crippen LogP contribution in [0.3, 0.4) is 0 Å². The summed E-state index contributed by atoms with van der Waals surface area (Å²) in [5.41, 5.74) is -0.0190. The van der Waals surface area contributed by atoms with Gasteiger partial charge in [-0.2, -0.15) is 0 Å². The second-order valence-corrected chi connectivity index (χ2v) is 7.08. The van der Waals surface area contributed by atoms with Gasteiger partial charge in [0.2, 0.25) is 0 Å². The van der Waals surface area contributed by atoms with E-state index < -0.39 is 5.97 Å². The first-order chi connectivity index (χ1) is 10.3. The minimum absolute atomic E-state index is 0. The minimum atomic E-state index is -1.15. The number of hydrogen-bond acceptors (Lipinski definition) is 5. The van der Waals surface area contributed by atoms with Gasteiger partial charge in [-0.05, 0) is 69.3 Å². The summed E-state index contributed by atoms with van der Waals surface area (Å²) in [6, 6.07) is 0. The molecule has 4 rings (SSSR count). The molecule has 0 amide bonds. The van der Waals surface area contributed by atoms with Crippen molar-refractivity contribution >= 4 is 18.0 Å². The van der Waals surface area contributed by atoms with E-state index in [2.05, 4.69) is 4.99 Å². The third-order valence-corrected chi connectivity index (χ3v) is 4.86. The van der Waals surface area contributed by atoms with Crippen molar-refractivity contribution < 1.29 is 36.9 Å². The normalized spacial score (nSPS) is 34.5. The molecule has 0 aromatic carbocycles. The molecule has 131 valence electrons. The Kier molecular flexibility index (Phi) is 7.02. The van der Waals surface area contributed by atoms with Gasteiger partial charge in [-0.3, -0.25) is 9.79 Å². The minimum Gasteiger partial charge on any atom is -0.876 e. The molecular formula is C17H23CuNO4. The van der Waals surface area contributed by atoms with Crippen LogP contribution in [0.15, 0.2) is 16.8 Å². The van der Waals surface area contributed by atoms with E-state index in [0.717, 1.165) is 49.3 Å².